The predicted octanol–water partition coefficient (Wildman–Crippen LogP) is 2.21. The molecule has 0 amide bonds. The van der Waals surface area contributed by atoms with Gasteiger partial charge in [-0.25, -0.2) is 0 Å². The maximum Gasteiger partial charge on any atom is 0.0466 e. The molecule has 2 heteroatoms. The summed E-state index contributed by atoms with van der Waals surface area (Å²) in [4.78, 5) is 2.26. The number of nitrogens with zero attached hydrogens (tertiary/aromatic N) is 1. The van der Waals surface area contributed by atoms with Crippen LogP contribution < -0.4 is 5.32 Å². The van der Waals surface area contributed by atoms with Crippen molar-refractivity contribution in [3.05, 3.63) is 35.4 Å². The lowest BCUT2D eigenvalue weighted by Gasteiger charge is -2.25. The van der Waals surface area contributed by atoms with Crippen LogP contribution in [-0.2, 0) is 0 Å². The number of nitrogens with one attached hydrogen (secondary N) is 1. The molecule has 0 aromatic heterocycles. The molecule has 0 aliphatic carbocycles. The van der Waals surface area contributed by atoms with Crippen LogP contribution in [0.5, 0.6) is 0 Å². The van der Waals surface area contributed by atoms with Crippen molar-refractivity contribution in [1.82, 2.24) is 10.2 Å². The highest BCUT2D eigenvalue weighted by Gasteiger charge is 2.12. The minimum absolute atomic E-state index is 0.463. The fourth-order valence-corrected chi connectivity index (χ4v) is 1.76. The van der Waals surface area contributed by atoms with E-state index in [9.17, 15) is 0 Å². The van der Waals surface area contributed by atoms with Crippen molar-refractivity contribution < 1.29 is 0 Å². The van der Waals surface area contributed by atoms with E-state index in [4.69, 9.17) is 0 Å². The third kappa shape index (κ3) is 3.65. The molecule has 1 atom stereocenters. The Kier molecular flexibility index (Phi) is 4.79. The Morgan fingerprint density at radius 3 is 2.60 bits per heavy atom. The summed E-state index contributed by atoms with van der Waals surface area (Å²) in [5.74, 6) is 0. The summed E-state index contributed by atoms with van der Waals surface area (Å²) >= 11 is 0. The summed E-state index contributed by atoms with van der Waals surface area (Å²) < 4.78 is 0. The zero-order valence-electron chi connectivity index (χ0n) is 10.2. The lowest BCUT2D eigenvalue weighted by molar-refractivity contribution is 0.290. The number of benzene rings is 1. The number of hydrogen-bond acceptors (Lipinski definition) is 2. The van der Waals surface area contributed by atoms with Gasteiger partial charge in [0.15, 0.2) is 0 Å². The van der Waals surface area contributed by atoms with Crippen LogP contribution in [0.4, 0.5) is 0 Å². The van der Waals surface area contributed by atoms with E-state index < -0.39 is 0 Å². The molecule has 0 saturated heterocycles. The molecule has 0 heterocycles. The van der Waals surface area contributed by atoms with E-state index in [0.717, 1.165) is 13.1 Å². The number of hydrogen-bond donors (Lipinski definition) is 1. The molecule has 0 bridgehead atoms. The minimum atomic E-state index is 0.463. The molecule has 2 nitrogen and oxygen atoms in total. The second-order valence-corrected chi connectivity index (χ2v) is 4.20. The molecule has 1 aromatic rings. The first kappa shape index (κ1) is 12.2. The molecule has 0 saturated carbocycles. The van der Waals surface area contributed by atoms with E-state index in [1.165, 1.54) is 11.1 Å². The predicted molar refractivity (Wildman–Crippen MR) is 66.2 cm³/mol. The quantitative estimate of drug-likeness (QED) is 0.794. The molecule has 1 N–H and O–H groups in total. The summed E-state index contributed by atoms with van der Waals surface area (Å²) in [6.45, 7) is 6.32. The summed E-state index contributed by atoms with van der Waals surface area (Å²) in [5.41, 5.74) is 2.72. The van der Waals surface area contributed by atoms with Gasteiger partial charge in [-0.15, -0.1) is 0 Å². The number of aryl methyl sites for hydroxylation is 1. The van der Waals surface area contributed by atoms with Crippen LogP contribution in [0.2, 0.25) is 0 Å². The summed E-state index contributed by atoms with van der Waals surface area (Å²) in [6, 6.07) is 9.21. The van der Waals surface area contributed by atoms with Crippen LogP contribution in [0, 0.1) is 6.92 Å². The molecule has 0 spiro atoms. The van der Waals surface area contributed by atoms with Gasteiger partial charge in [0.1, 0.15) is 0 Å². The standard InChI is InChI=1S/C13H22N2/c1-5-14-10-13(15(3)4)12-8-6-7-11(2)9-12/h6-9,13-14H,5,10H2,1-4H3. The van der Waals surface area contributed by atoms with Gasteiger partial charge in [0.05, 0.1) is 0 Å². The number of rotatable bonds is 5. The topological polar surface area (TPSA) is 15.3 Å². The van der Waals surface area contributed by atoms with Gasteiger partial charge in [0, 0.05) is 12.6 Å². The smallest absolute Gasteiger partial charge is 0.0466 e. The summed E-state index contributed by atoms with van der Waals surface area (Å²) in [6.07, 6.45) is 0. The Balaban J connectivity index is 2.79. The van der Waals surface area contributed by atoms with Crippen molar-refractivity contribution in [3.8, 4) is 0 Å². The molecular formula is C13H22N2. The van der Waals surface area contributed by atoms with E-state index in [1.807, 2.05) is 0 Å². The van der Waals surface area contributed by atoms with Crippen molar-refractivity contribution in [2.75, 3.05) is 27.2 Å². The van der Waals surface area contributed by atoms with Crippen LogP contribution >= 0.6 is 0 Å². The highest BCUT2D eigenvalue weighted by molar-refractivity contribution is 5.25. The third-order valence-corrected chi connectivity index (χ3v) is 2.64. The Hall–Kier alpha value is -0.860. The minimum Gasteiger partial charge on any atom is -0.315 e. The molecule has 0 fully saturated rings. The molecule has 0 radical (unpaired) electrons. The SMILES string of the molecule is CCNCC(c1cccc(C)c1)N(C)C. The largest absolute Gasteiger partial charge is 0.315 e. The second kappa shape index (κ2) is 5.89. The van der Waals surface area contributed by atoms with E-state index >= 15 is 0 Å². The van der Waals surface area contributed by atoms with Crippen molar-refractivity contribution in [1.29, 1.82) is 0 Å². The normalized spacial score (nSPS) is 13.1. The van der Waals surface area contributed by atoms with Gasteiger partial charge >= 0.3 is 0 Å². The van der Waals surface area contributed by atoms with Crippen LogP contribution in [-0.4, -0.2) is 32.1 Å². The zero-order valence-corrected chi connectivity index (χ0v) is 10.2. The highest BCUT2D eigenvalue weighted by atomic mass is 15.1. The molecule has 1 aromatic carbocycles. The first-order valence-electron chi connectivity index (χ1n) is 5.59. The van der Waals surface area contributed by atoms with Crippen LogP contribution in [0.15, 0.2) is 24.3 Å². The molecule has 0 aliphatic heterocycles. The first-order chi connectivity index (χ1) is 7.15. The lowest BCUT2D eigenvalue weighted by atomic mass is 10.0. The fourth-order valence-electron chi connectivity index (χ4n) is 1.76. The average molecular weight is 206 g/mol. The van der Waals surface area contributed by atoms with Gasteiger partial charge in [-0.3, -0.25) is 0 Å². The average Bonchev–Trinajstić information content (AvgIpc) is 2.18. The highest BCUT2D eigenvalue weighted by Crippen LogP contribution is 2.18. The Morgan fingerprint density at radius 2 is 2.07 bits per heavy atom. The Labute approximate surface area is 93.3 Å². The van der Waals surface area contributed by atoms with Crippen LogP contribution in [0.3, 0.4) is 0 Å². The Morgan fingerprint density at radius 1 is 1.33 bits per heavy atom. The fraction of sp³-hybridized carbons (Fsp3) is 0.538. The molecule has 1 rings (SSSR count). The third-order valence-electron chi connectivity index (χ3n) is 2.64. The van der Waals surface area contributed by atoms with Gasteiger partial charge in [-0.2, -0.15) is 0 Å². The van der Waals surface area contributed by atoms with E-state index in [-0.39, 0.29) is 0 Å². The maximum atomic E-state index is 3.41. The maximum absolute atomic E-state index is 3.41. The number of likely N-dealkylation sites (N-methyl/N-ethyl adjacent to an activating group) is 2. The lowest BCUT2D eigenvalue weighted by Crippen LogP contribution is -2.30. The van der Waals surface area contributed by atoms with E-state index in [0.29, 0.717) is 6.04 Å². The zero-order chi connectivity index (χ0) is 11.3. The van der Waals surface area contributed by atoms with E-state index in [2.05, 4.69) is 62.4 Å². The van der Waals surface area contributed by atoms with Gasteiger partial charge in [0.2, 0.25) is 0 Å². The van der Waals surface area contributed by atoms with E-state index in [1.54, 1.807) is 0 Å². The molecule has 0 aliphatic rings. The molecular weight excluding hydrogens is 184 g/mol. The van der Waals surface area contributed by atoms with Gasteiger partial charge in [-0.05, 0) is 33.1 Å². The van der Waals surface area contributed by atoms with Crippen molar-refractivity contribution in [2.24, 2.45) is 0 Å². The molecule has 15 heavy (non-hydrogen) atoms. The van der Waals surface area contributed by atoms with Crippen LogP contribution in [0.25, 0.3) is 0 Å². The molecule has 84 valence electrons. The first-order valence-corrected chi connectivity index (χ1v) is 5.59. The Bertz CT molecular complexity index is 294. The van der Waals surface area contributed by atoms with Gasteiger partial charge in [-0.1, -0.05) is 36.8 Å². The summed E-state index contributed by atoms with van der Waals surface area (Å²) in [5, 5.41) is 3.41. The van der Waals surface area contributed by atoms with Crippen molar-refractivity contribution in [3.63, 3.8) is 0 Å². The van der Waals surface area contributed by atoms with Gasteiger partial charge < -0.3 is 10.2 Å². The second-order valence-electron chi connectivity index (χ2n) is 4.20. The van der Waals surface area contributed by atoms with Crippen LogP contribution in [0.1, 0.15) is 24.1 Å². The van der Waals surface area contributed by atoms with Gasteiger partial charge in [0.25, 0.3) is 0 Å². The summed E-state index contributed by atoms with van der Waals surface area (Å²) in [7, 11) is 4.26. The monoisotopic (exact) mass is 206 g/mol. The van der Waals surface area contributed by atoms with Crippen molar-refractivity contribution in [2.45, 2.75) is 19.9 Å². The molecule has 1 unspecified atom stereocenters. The van der Waals surface area contributed by atoms with Crippen molar-refractivity contribution >= 4 is 0 Å².